The minimum Gasteiger partial charge on any atom is -0.481 e. The van der Waals surface area contributed by atoms with Gasteiger partial charge in [0.05, 0.1) is 11.5 Å². The van der Waals surface area contributed by atoms with Crippen LogP contribution in [0.25, 0.3) is 0 Å². The summed E-state index contributed by atoms with van der Waals surface area (Å²) < 4.78 is 43.0. The lowest BCUT2D eigenvalue weighted by Crippen LogP contribution is -2.47. The monoisotopic (exact) mass is 439 g/mol. The van der Waals surface area contributed by atoms with Crippen LogP contribution in [-0.2, 0) is 21.2 Å². The summed E-state index contributed by atoms with van der Waals surface area (Å²) in [7, 11) is -3.18. The summed E-state index contributed by atoms with van der Waals surface area (Å²) in [4.78, 5) is 14.9. The van der Waals surface area contributed by atoms with Crippen LogP contribution in [0, 0.1) is 5.82 Å². The van der Waals surface area contributed by atoms with E-state index in [0.717, 1.165) is 5.56 Å². The van der Waals surface area contributed by atoms with Crippen LogP contribution in [0.15, 0.2) is 48.5 Å². The molecule has 0 radical (unpaired) electrons. The molecule has 2 atom stereocenters. The summed E-state index contributed by atoms with van der Waals surface area (Å²) in [6.45, 7) is 2.01. The molecule has 1 aliphatic heterocycles. The Balaban J connectivity index is 1.85. The van der Waals surface area contributed by atoms with Crippen molar-refractivity contribution in [2.75, 3.05) is 11.5 Å². The Morgan fingerprint density at radius 2 is 1.93 bits per heavy atom. The first-order valence-corrected chi connectivity index (χ1v) is 11.7. The number of ether oxygens (including phenoxy) is 1. The molecule has 1 aliphatic rings. The van der Waals surface area contributed by atoms with Crippen LogP contribution in [0.3, 0.4) is 0 Å². The van der Waals surface area contributed by atoms with E-state index in [1.54, 1.807) is 17.0 Å². The van der Waals surface area contributed by atoms with Crippen molar-refractivity contribution >= 4 is 27.3 Å². The Hall–Kier alpha value is -2.12. The highest BCUT2D eigenvalue weighted by molar-refractivity contribution is 7.91. The van der Waals surface area contributed by atoms with Gasteiger partial charge in [-0.2, -0.15) is 0 Å². The molecule has 0 aromatic heterocycles. The van der Waals surface area contributed by atoms with Crippen molar-refractivity contribution in [2.45, 2.75) is 38.5 Å². The van der Waals surface area contributed by atoms with Gasteiger partial charge in [-0.15, -0.1) is 0 Å². The third-order valence-corrected chi connectivity index (χ3v) is 7.09. The Kier molecular flexibility index (Phi) is 6.80. The third-order valence-electron chi connectivity index (χ3n) is 4.97. The highest BCUT2D eigenvalue weighted by atomic mass is 35.5. The Bertz CT molecular complexity index is 965. The second-order valence-corrected chi connectivity index (χ2v) is 9.72. The van der Waals surface area contributed by atoms with Crippen LogP contribution in [0.2, 0.25) is 5.02 Å². The average molecular weight is 440 g/mol. The van der Waals surface area contributed by atoms with Gasteiger partial charge in [0.25, 0.3) is 5.91 Å². The summed E-state index contributed by atoms with van der Waals surface area (Å²) in [5.74, 6) is -0.342. The fourth-order valence-corrected chi connectivity index (χ4v) is 5.32. The maximum absolute atomic E-state index is 13.3. The van der Waals surface area contributed by atoms with Crippen LogP contribution in [0.5, 0.6) is 5.75 Å². The molecule has 2 aromatic rings. The quantitative estimate of drug-likeness (QED) is 0.657. The smallest absolute Gasteiger partial charge is 0.264 e. The van der Waals surface area contributed by atoms with E-state index < -0.39 is 27.8 Å². The van der Waals surface area contributed by atoms with Gasteiger partial charge >= 0.3 is 0 Å². The maximum atomic E-state index is 13.3. The summed E-state index contributed by atoms with van der Waals surface area (Å²) in [5.41, 5.74) is 0.739. The predicted octanol–water partition coefficient (Wildman–Crippen LogP) is 3.85. The molecule has 0 bridgehead atoms. The van der Waals surface area contributed by atoms with Gasteiger partial charge in [0.2, 0.25) is 0 Å². The van der Waals surface area contributed by atoms with Crippen LogP contribution in [0.1, 0.15) is 25.3 Å². The van der Waals surface area contributed by atoms with Gasteiger partial charge in [0.15, 0.2) is 15.9 Å². The van der Waals surface area contributed by atoms with Gasteiger partial charge in [-0.05, 0) is 48.7 Å². The number of carbonyl (C=O) groups excluding carboxylic acids is 1. The Morgan fingerprint density at radius 1 is 1.24 bits per heavy atom. The zero-order valence-corrected chi connectivity index (χ0v) is 17.6. The number of benzene rings is 2. The second kappa shape index (κ2) is 9.13. The van der Waals surface area contributed by atoms with Crippen LogP contribution in [0.4, 0.5) is 4.39 Å². The number of sulfone groups is 1. The topological polar surface area (TPSA) is 63.7 Å². The molecule has 2 aromatic carbocycles. The molecule has 156 valence electrons. The number of amides is 1. The van der Waals surface area contributed by atoms with E-state index in [-0.39, 0.29) is 24.0 Å². The minimum atomic E-state index is -3.18. The largest absolute Gasteiger partial charge is 0.481 e. The molecule has 0 aliphatic carbocycles. The van der Waals surface area contributed by atoms with Gasteiger partial charge in [0, 0.05) is 17.6 Å². The van der Waals surface area contributed by atoms with Crippen molar-refractivity contribution in [1.82, 2.24) is 4.90 Å². The first-order chi connectivity index (χ1) is 13.8. The molecule has 8 heteroatoms. The molecule has 5 nitrogen and oxygen atoms in total. The van der Waals surface area contributed by atoms with Crippen LogP contribution in [-0.4, -0.2) is 42.9 Å². The van der Waals surface area contributed by atoms with E-state index in [2.05, 4.69) is 0 Å². The fraction of sp³-hybridized carbons (Fsp3) is 0.381. The number of carbonyl (C=O) groups is 1. The Morgan fingerprint density at radius 3 is 2.52 bits per heavy atom. The fourth-order valence-electron chi connectivity index (χ4n) is 3.39. The Labute approximate surface area is 175 Å². The molecule has 3 rings (SSSR count). The number of rotatable bonds is 7. The van der Waals surface area contributed by atoms with E-state index in [1.807, 2.05) is 19.1 Å². The molecular weight excluding hydrogens is 417 g/mol. The zero-order chi connectivity index (χ0) is 21.0. The maximum Gasteiger partial charge on any atom is 0.264 e. The lowest BCUT2D eigenvalue weighted by molar-refractivity contribution is -0.141. The number of nitrogens with zero attached hydrogens (tertiary/aromatic N) is 1. The van der Waals surface area contributed by atoms with E-state index in [4.69, 9.17) is 16.3 Å². The number of halogens is 2. The first-order valence-electron chi connectivity index (χ1n) is 9.45. The molecule has 0 saturated carbocycles. The standard InChI is InChI=1S/C21H23ClFNO4S/c1-2-20(28-18-9-7-16(23)8-10-18)21(25)24(17-11-12-29(26,27)14-17)13-15-5-3-4-6-19(15)22/h3-10,17,20H,2,11-14H2,1H3/t17-,20-/m0/s1. The molecule has 1 heterocycles. The second-order valence-electron chi connectivity index (χ2n) is 7.08. The van der Waals surface area contributed by atoms with Crippen molar-refractivity contribution < 1.29 is 22.3 Å². The van der Waals surface area contributed by atoms with Gasteiger partial charge in [0.1, 0.15) is 11.6 Å². The SMILES string of the molecule is CC[C@H](Oc1ccc(F)cc1)C(=O)N(Cc1ccccc1Cl)[C@H]1CCS(=O)(=O)C1. The van der Waals surface area contributed by atoms with Crippen molar-refractivity contribution in [3.8, 4) is 5.75 Å². The van der Waals surface area contributed by atoms with E-state index in [9.17, 15) is 17.6 Å². The molecule has 0 N–H and O–H groups in total. The van der Waals surface area contributed by atoms with Crippen molar-refractivity contribution in [3.63, 3.8) is 0 Å². The molecule has 1 amide bonds. The van der Waals surface area contributed by atoms with Crippen molar-refractivity contribution in [2.24, 2.45) is 0 Å². The van der Waals surface area contributed by atoms with E-state index >= 15 is 0 Å². The number of hydrogen-bond acceptors (Lipinski definition) is 4. The highest BCUT2D eigenvalue weighted by Gasteiger charge is 2.37. The molecule has 1 saturated heterocycles. The average Bonchev–Trinajstić information content (AvgIpc) is 3.06. The molecule has 29 heavy (non-hydrogen) atoms. The predicted molar refractivity (Wildman–Crippen MR) is 110 cm³/mol. The summed E-state index contributed by atoms with van der Waals surface area (Å²) in [6, 6.07) is 12.2. The van der Waals surface area contributed by atoms with E-state index in [1.165, 1.54) is 24.3 Å². The van der Waals surface area contributed by atoms with E-state index in [0.29, 0.717) is 23.6 Å². The van der Waals surface area contributed by atoms with Gasteiger partial charge in [-0.25, -0.2) is 12.8 Å². The highest BCUT2D eigenvalue weighted by Crippen LogP contribution is 2.25. The summed E-state index contributed by atoms with van der Waals surface area (Å²) in [5, 5.41) is 0.513. The summed E-state index contributed by atoms with van der Waals surface area (Å²) >= 11 is 6.27. The molecule has 0 spiro atoms. The van der Waals surface area contributed by atoms with Gasteiger partial charge in [-0.1, -0.05) is 36.7 Å². The van der Waals surface area contributed by atoms with Crippen molar-refractivity contribution in [3.05, 3.63) is 64.9 Å². The summed E-state index contributed by atoms with van der Waals surface area (Å²) in [6.07, 6.45) is -0.0496. The normalized spacial score (nSPS) is 18.9. The van der Waals surface area contributed by atoms with Crippen LogP contribution >= 0.6 is 11.6 Å². The molecular formula is C21H23ClFNO4S. The first kappa shape index (κ1) is 21.6. The molecule has 1 fully saturated rings. The number of hydrogen-bond donors (Lipinski definition) is 0. The third kappa shape index (κ3) is 5.48. The lowest BCUT2D eigenvalue weighted by Gasteiger charge is -2.32. The van der Waals surface area contributed by atoms with Gasteiger partial charge < -0.3 is 9.64 Å². The van der Waals surface area contributed by atoms with Crippen molar-refractivity contribution in [1.29, 1.82) is 0 Å². The minimum absolute atomic E-state index is 0.0551. The van der Waals surface area contributed by atoms with Crippen LogP contribution < -0.4 is 4.74 Å². The zero-order valence-electron chi connectivity index (χ0n) is 16.1. The molecule has 0 unspecified atom stereocenters. The van der Waals surface area contributed by atoms with Gasteiger partial charge in [-0.3, -0.25) is 4.79 Å². The lowest BCUT2D eigenvalue weighted by atomic mass is 10.1.